The Balaban J connectivity index is 2.43. The van der Waals surface area contributed by atoms with Crippen LogP contribution in [0.5, 0.6) is 11.5 Å². The summed E-state index contributed by atoms with van der Waals surface area (Å²) in [7, 11) is 0. The minimum Gasteiger partial charge on any atom is -0.449 e. The van der Waals surface area contributed by atoms with E-state index in [4.69, 9.17) is 15.1 Å². The van der Waals surface area contributed by atoms with E-state index in [-0.39, 0.29) is 23.7 Å². The summed E-state index contributed by atoms with van der Waals surface area (Å²) < 4.78 is 18.4. The average molecular weight is 288 g/mol. The highest BCUT2D eigenvalue weighted by Crippen LogP contribution is 2.33. The third-order valence-electron chi connectivity index (χ3n) is 2.68. The van der Waals surface area contributed by atoms with E-state index in [0.717, 1.165) is 18.2 Å². The number of aliphatic hydroxyl groups is 1. The highest BCUT2D eigenvalue weighted by molar-refractivity contribution is 5.52. The molecule has 0 amide bonds. The summed E-state index contributed by atoms with van der Waals surface area (Å²) in [4.78, 5) is 10.1. The lowest BCUT2D eigenvalue weighted by atomic mass is 10.1. The van der Waals surface area contributed by atoms with Crippen LogP contribution in [-0.4, -0.2) is 10.0 Å². The Labute approximate surface area is 118 Å². The van der Waals surface area contributed by atoms with Crippen LogP contribution in [0.4, 0.5) is 10.1 Å². The minimum absolute atomic E-state index is 0.0874. The number of halogens is 1. The molecule has 0 fully saturated rings. The van der Waals surface area contributed by atoms with Crippen molar-refractivity contribution >= 4 is 5.69 Å². The second kappa shape index (κ2) is 5.98. The van der Waals surface area contributed by atoms with Gasteiger partial charge in [0.05, 0.1) is 23.2 Å². The van der Waals surface area contributed by atoms with Crippen molar-refractivity contribution in [2.24, 2.45) is 0 Å². The molecule has 0 radical (unpaired) electrons. The SMILES string of the molecule is N#Cc1cc(CO)ccc1Oc1ccc(F)cc1[N+](=O)[O-]. The molecule has 21 heavy (non-hydrogen) atoms. The Morgan fingerprint density at radius 3 is 2.62 bits per heavy atom. The zero-order valence-electron chi connectivity index (χ0n) is 10.6. The molecule has 2 rings (SSSR count). The molecule has 0 atom stereocenters. The second-order valence-corrected chi connectivity index (χ2v) is 4.07. The fourth-order valence-electron chi connectivity index (χ4n) is 1.69. The Hall–Kier alpha value is -2.98. The van der Waals surface area contributed by atoms with E-state index >= 15 is 0 Å². The Morgan fingerprint density at radius 2 is 2.00 bits per heavy atom. The van der Waals surface area contributed by atoms with Gasteiger partial charge in [-0.1, -0.05) is 6.07 Å². The maximum atomic E-state index is 13.1. The molecule has 7 heteroatoms. The quantitative estimate of drug-likeness (QED) is 0.689. The molecule has 0 bridgehead atoms. The largest absolute Gasteiger partial charge is 0.449 e. The molecule has 106 valence electrons. The van der Waals surface area contributed by atoms with Gasteiger partial charge in [-0.25, -0.2) is 4.39 Å². The summed E-state index contributed by atoms with van der Waals surface area (Å²) >= 11 is 0. The number of nitrogens with zero attached hydrogens (tertiary/aromatic N) is 2. The van der Waals surface area contributed by atoms with Crippen molar-refractivity contribution in [3.05, 3.63) is 63.5 Å². The first-order valence-electron chi connectivity index (χ1n) is 5.81. The predicted molar refractivity (Wildman–Crippen MR) is 70.2 cm³/mol. The van der Waals surface area contributed by atoms with Gasteiger partial charge in [0.15, 0.2) is 0 Å². The van der Waals surface area contributed by atoms with Crippen LogP contribution in [0.3, 0.4) is 0 Å². The zero-order chi connectivity index (χ0) is 15.4. The minimum atomic E-state index is -0.771. The molecule has 0 aliphatic rings. The van der Waals surface area contributed by atoms with Gasteiger partial charge in [0, 0.05) is 0 Å². The number of rotatable bonds is 4. The number of nitro groups is 1. The molecule has 0 saturated carbocycles. The molecule has 0 heterocycles. The van der Waals surface area contributed by atoms with Gasteiger partial charge in [0.2, 0.25) is 5.75 Å². The van der Waals surface area contributed by atoms with Crippen LogP contribution >= 0.6 is 0 Å². The van der Waals surface area contributed by atoms with Crippen molar-refractivity contribution in [1.29, 1.82) is 5.26 Å². The van der Waals surface area contributed by atoms with Crippen LogP contribution in [0.15, 0.2) is 36.4 Å². The van der Waals surface area contributed by atoms with Crippen LogP contribution in [0, 0.1) is 27.3 Å². The van der Waals surface area contributed by atoms with Crippen molar-refractivity contribution in [2.45, 2.75) is 6.61 Å². The van der Waals surface area contributed by atoms with Crippen LogP contribution in [0.2, 0.25) is 0 Å². The van der Waals surface area contributed by atoms with Crippen molar-refractivity contribution < 1.29 is 19.2 Å². The number of benzene rings is 2. The molecule has 0 unspecified atom stereocenters. The van der Waals surface area contributed by atoms with Crippen molar-refractivity contribution in [3.8, 4) is 17.6 Å². The molecule has 0 aliphatic heterocycles. The summed E-state index contributed by atoms with van der Waals surface area (Å²) in [5, 5.41) is 28.9. The topological polar surface area (TPSA) is 96.4 Å². The van der Waals surface area contributed by atoms with Crippen LogP contribution < -0.4 is 4.74 Å². The summed E-state index contributed by atoms with van der Waals surface area (Å²) in [5.41, 5.74) is 0.0813. The maximum Gasteiger partial charge on any atom is 0.314 e. The number of nitriles is 1. The summed E-state index contributed by atoms with van der Waals surface area (Å²) in [6.45, 7) is -0.244. The Bertz CT molecular complexity index is 740. The molecule has 2 aromatic carbocycles. The van der Waals surface area contributed by atoms with E-state index in [0.29, 0.717) is 5.56 Å². The molecular weight excluding hydrogens is 279 g/mol. The Morgan fingerprint density at radius 1 is 1.29 bits per heavy atom. The number of hydrogen-bond donors (Lipinski definition) is 1. The highest BCUT2D eigenvalue weighted by atomic mass is 19.1. The lowest BCUT2D eigenvalue weighted by Crippen LogP contribution is -1.96. The second-order valence-electron chi connectivity index (χ2n) is 4.07. The molecular formula is C14H9FN2O4. The van der Waals surface area contributed by atoms with E-state index in [1.54, 1.807) is 0 Å². The van der Waals surface area contributed by atoms with Gasteiger partial charge in [0.25, 0.3) is 0 Å². The third kappa shape index (κ3) is 3.13. The predicted octanol–water partition coefficient (Wildman–Crippen LogP) is 2.89. The molecule has 6 nitrogen and oxygen atoms in total. The normalized spacial score (nSPS) is 9.95. The lowest BCUT2D eigenvalue weighted by molar-refractivity contribution is -0.385. The van der Waals surface area contributed by atoms with Crippen molar-refractivity contribution in [2.75, 3.05) is 0 Å². The third-order valence-corrected chi connectivity index (χ3v) is 2.68. The first-order valence-corrected chi connectivity index (χ1v) is 5.81. The first-order chi connectivity index (χ1) is 10.0. The van der Waals surface area contributed by atoms with Crippen molar-refractivity contribution in [1.82, 2.24) is 0 Å². The van der Waals surface area contributed by atoms with Crippen LogP contribution in [0.1, 0.15) is 11.1 Å². The number of ether oxygens (including phenoxy) is 1. The average Bonchev–Trinajstić information content (AvgIpc) is 2.49. The van der Waals surface area contributed by atoms with Gasteiger partial charge in [-0.2, -0.15) is 5.26 Å². The molecule has 0 aliphatic carbocycles. The lowest BCUT2D eigenvalue weighted by Gasteiger charge is -2.08. The van der Waals surface area contributed by atoms with Gasteiger partial charge >= 0.3 is 5.69 Å². The van der Waals surface area contributed by atoms with Gasteiger partial charge in [0.1, 0.15) is 17.6 Å². The fraction of sp³-hybridized carbons (Fsp3) is 0.0714. The standard InChI is InChI=1S/C14H9FN2O4/c15-11-2-4-14(12(6-11)17(19)20)21-13-3-1-9(8-18)5-10(13)7-16/h1-6,18H,8H2. The summed E-state index contributed by atoms with van der Waals surface area (Å²) in [6, 6.07) is 9.09. The maximum absolute atomic E-state index is 13.1. The van der Waals surface area contributed by atoms with Crippen molar-refractivity contribution in [3.63, 3.8) is 0 Å². The van der Waals surface area contributed by atoms with Crippen LogP contribution in [-0.2, 0) is 6.61 Å². The summed E-state index contributed by atoms with van der Waals surface area (Å²) in [5.74, 6) is -0.843. The molecule has 2 aromatic rings. The van der Waals surface area contributed by atoms with E-state index in [9.17, 15) is 14.5 Å². The number of aliphatic hydroxyl groups excluding tert-OH is 1. The fourth-order valence-corrected chi connectivity index (χ4v) is 1.69. The molecule has 0 aromatic heterocycles. The highest BCUT2D eigenvalue weighted by Gasteiger charge is 2.18. The van der Waals surface area contributed by atoms with E-state index in [2.05, 4.69) is 0 Å². The van der Waals surface area contributed by atoms with Gasteiger partial charge in [-0.3, -0.25) is 10.1 Å². The first kappa shape index (κ1) is 14.4. The van der Waals surface area contributed by atoms with E-state index < -0.39 is 16.4 Å². The molecule has 0 spiro atoms. The van der Waals surface area contributed by atoms with Gasteiger partial charge in [-0.15, -0.1) is 0 Å². The molecule has 1 N–H and O–H groups in total. The van der Waals surface area contributed by atoms with Crippen LogP contribution in [0.25, 0.3) is 0 Å². The zero-order valence-corrected chi connectivity index (χ0v) is 10.6. The molecule has 0 saturated heterocycles. The van der Waals surface area contributed by atoms with E-state index in [1.165, 1.54) is 18.2 Å². The van der Waals surface area contributed by atoms with Gasteiger partial charge in [-0.05, 0) is 29.8 Å². The monoisotopic (exact) mass is 288 g/mol. The van der Waals surface area contributed by atoms with E-state index in [1.807, 2.05) is 6.07 Å². The van der Waals surface area contributed by atoms with Gasteiger partial charge < -0.3 is 9.84 Å². The summed E-state index contributed by atoms with van der Waals surface area (Å²) in [6.07, 6.45) is 0. The Kier molecular flexibility index (Phi) is 4.11. The number of hydrogen-bond acceptors (Lipinski definition) is 5. The smallest absolute Gasteiger partial charge is 0.314 e. The number of nitro benzene ring substituents is 1.